The quantitative estimate of drug-likeness (QED) is 0.393. The van der Waals surface area contributed by atoms with Crippen LogP contribution in [0.15, 0.2) is 73.1 Å². The number of amides is 1. The van der Waals surface area contributed by atoms with Gasteiger partial charge >= 0.3 is 0 Å². The predicted molar refractivity (Wildman–Crippen MR) is 135 cm³/mol. The van der Waals surface area contributed by atoms with E-state index >= 15 is 0 Å². The number of piperidine rings is 1. The third kappa shape index (κ3) is 5.02. The Morgan fingerprint density at radius 3 is 2.71 bits per heavy atom. The summed E-state index contributed by atoms with van der Waals surface area (Å²) in [7, 11) is 1.61. The molecule has 35 heavy (non-hydrogen) atoms. The van der Waals surface area contributed by atoms with E-state index in [0.29, 0.717) is 41.7 Å². The van der Waals surface area contributed by atoms with Gasteiger partial charge in [0.25, 0.3) is 0 Å². The highest BCUT2D eigenvalue weighted by Crippen LogP contribution is 2.40. The van der Waals surface area contributed by atoms with Gasteiger partial charge in [0.2, 0.25) is 5.91 Å². The highest BCUT2D eigenvalue weighted by molar-refractivity contribution is 5.92. The van der Waals surface area contributed by atoms with Crippen molar-refractivity contribution in [2.45, 2.75) is 19.3 Å². The summed E-state index contributed by atoms with van der Waals surface area (Å²) in [6.45, 7) is 0.676. The molecule has 1 aliphatic rings. The third-order valence-corrected chi connectivity index (χ3v) is 5.71. The van der Waals surface area contributed by atoms with Gasteiger partial charge in [0.1, 0.15) is 17.9 Å². The molecule has 3 aromatic carbocycles. The van der Waals surface area contributed by atoms with Crippen LogP contribution in [-0.4, -0.2) is 34.4 Å². The Hall–Kier alpha value is -4.57. The average molecular weight is 465 g/mol. The summed E-state index contributed by atoms with van der Waals surface area (Å²) in [5, 5.41) is 4.18. The number of aromatic nitrogens is 2. The van der Waals surface area contributed by atoms with Crippen molar-refractivity contribution < 1.29 is 14.3 Å². The Morgan fingerprint density at radius 2 is 1.89 bits per heavy atom. The minimum atomic E-state index is 0.0826. The second-order valence-corrected chi connectivity index (χ2v) is 8.07. The molecule has 1 aliphatic heterocycles. The van der Waals surface area contributed by atoms with Crippen LogP contribution in [0.3, 0.4) is 0 Å². The number of carbonyl (C=O) groups excluding carboxylic acids is 1. The lowest BCUT2D eigenvalue weighted by atomic mass is 10.1. The van der Waals surface area contributed by atoms with Crippen LogP contribution in [0.25, 0.3) is 10.9 Å². The summed E-state index contributed by atoms with van der Waals surface area (Å²) in [4.78, 5) is 22.5. The van der Waals surface area contributed by atoms with Crippen molar-refractivity contribution in [2.24, 2.45) is 0 Å². The molecule has 5 rings (SSSR count). The lowest BCUT2D eigenvalue weighted by Gasteiger charge is -2.20. The van der Waals surface area contributed by atoms with Gasteiger partial charge in [0, 0.05) is 30.0 Å². The van der Waals surface area contributed by atoms with Gasteiger partial charge < -0.3 is 14.8 Å². The van der Waals surface area contributed by atoms with Gasteiger partial charge in [-0.3, -0.25) is 9.69 Å². The molecule has 1 amide bonds. The van der Waals surface area contributed by atoms with Crippen LogP contribution in [0.5, 0.6) is 17.2 Å². The van der Waals surface area contributed by atoms with E-state index in [1.807, 2.05) is 66.7 Å². The number of rotatable bonds is 5. The second kappa shape index (κ2) is 10.1. The first kappa shape index (κ1) is 22.2. The van der Waals surface area contributed by atoms with Crippen molar-refractivity contribution in [1.82, 2.24) is 14.9 Å². The maximum absolute atomic E-state index is 12.1. The minimum Gasteiger partial charge on any atom is -0.493 e. The van der Waals surface area contributed by atoms with E-state index in [0.717, 1.165) is 29.3 Å². The molecule has 4 aromatic rings. The first-order valence-corrected chi connectivity index (χ1v) is 11.4. The topological polar surface area (TPSA) is 76.6 Å². The van der Waals surface area contributed by atoms with Gasteiger partial charge in [-0.15, -0.1) is 0 Å². The molecule has 0 spiro atoms. The van der Waals surface area contributed by atoms with E-state index in [4.69, 9.17) is 9.47 Å². The van der Waals surface area contributed by atoms with E-state index in [1.54, 1.807) is 12.0 Å². The van der Waals surface area contributed by atoms with Crippen molar-refractivity contribution in [3.05, 3.63) is 78.6 Å². The Morgan fingerprint density at radius 1 is 1.00 bits per heavy atom. The standard InChI is InChI=1S/C28H24N4O3/c1-34-25-11-7-10-24(27(25)35-21-8-3-2-4-9-21)31-28-22-18-20(13-14-23(22)29-19-30-28)15-17-32-16-6-5-12-26(32)33/h2-4,7-11,13-14,18-19H,5-6,12,16H2,1H3,(H,29,30,31). The number of hydrogen-bond acceptors (Lipinski definition) is 6. The maximum atomic E-state index is 12.1. The smallest absolute Gasteiger partial charge is 0.234 e. The molecule has 7 heteroatoms. The maximum Gasteiger partial charge on any atom is 0.234 e. The zero-order chi connectivity index (χ0) is 24.0. The highest BCUT2D eigenvalue weighted by Gasteiger charge is 2.16. The summed E-state index contributed by atoms with van der Waals surface area (Å²) in [5.41, 5.74) is 2.25. The molecule has 0 bridgehead atoms. The first-order valence-electron chi connectivity index (χ1n) is 11.4. The molecule has 1 fully saturated rings. The number of anilines is 2. The van der Waals surface area contributed by atoms with E-state index in [2.05, 4.69) is 27.2 Å². The molecule has 0 radical (unpaired) electrons. The average Bonchev–Trinajstić information content (AvgIpc) is 2.90. The minimum absolute atomic E-state index is 0.0826. The number of hydrogen-bond donors (Lipinski definition) is 1. The number of likely N-dealkylation sites (tertiary alicyclic amines) is 1. The van der Waals surface area contributed by atoms with Crippen LogP contribution in [0.2, 0.25) is 0 Å². The number of fused-ring (bicyclic) bond motifs is 1. The molecule has 0 aliphatic carbocycles. The number of methoxy groups -OCH3 is 1. The molecule has 1 N–H and O–H groups in total. The second-order valence-electron chi connectivity index (χ2n) is 8.07. The van der Waals surface area contributed by atoms with Crippen LogP contribution in [-0.2, 0) is 4.79 Å². The molecule has 7 nitrogen and oxygen atoms in total. The molecular formula is C28H24N4O3. The Labute approximate surface area is 203 Å². The number of carbonyl (C=O) groups is 1. The fourth-order valence-corrected chi connectivity index (χ4v) is 3.90. The van der Waals surface area contributed by atoms with Crippen molar-refractivity contribution in [1.29, 1.82) is 0 Å². The van der Waals surface area contributed by atoms with Crippen LogP contribution in [0.1, 0.15) is 24.8 Å². The van der Waals surface area contributed by atoms with E-state index in [-0.39, 0.29) is 5.91 Å². The molecule has 0 atom stereocenters. The largest absolute Gasteiger partial charge is 0.493 e. The van der Waals surface area contributed by atoms with Crippen molar-refractivity contribution in [3.63, 3.8) is 0 Å². The number of benzene rings is 3. The monoisotopic (exact) mass is 464 g/mol. The first-order chi connectivity index (χ1) is 17.2. The van der Waals surface area contributed by atoms with E-state index in [1.165, 1.54) is 6.33 Å². The van der Waals surface area contributed by atoms with Gasteiger partial charge in [-0.2, -0.15) is 0 Å². The fourth-order valence-electron chi connectivity index (χ4n) is 3.90. The van der Waals surface area contributed by atoms with E-state index in [9.17, 15) is 4.79 Å². The summed E-state index contributed by atoms with van der Waals surface area (Å²) in [5.74, 6) is 5.64. The number of para-hydroxylation sites is 2. The summed E-state index contributed by atoms with van der Waals surface area (Å²) >= 11 is 0. The third-order valence-electron chi connectivity index (χ3n) is 5.71. The lowest BCUT2D eigenvalue weighted by molar-refractivity contribution is -0.129. The zero-order valence-electron chi connectivity index (χ0n) is 19.3. The van der Waals surface area contributed by atoms with Crippen molar-refractivity contribution in [3.8, 4) is 29.2 Å². The van der Waals surface area contributed by atoms with Gasteiger partial charge in [0.15, 0.2) is 11.5 Å². The molecular weight excluding hydrogens is 440 g/mol. The Balaban J connectivity index is 1.49. The molecule has 0 unspecified atom stereocenters. The number of nitrogens with zero attached hydrogens (tertiary/aromatic N) is 3. The van der Waals surface area contributed by atoms with Crippen LogP contribution in [0.4, 0.5) is 11.5 Å². The molecule has 174 valence electrons. The molecule has 1 aromatic heterocycles. The molecule has 1 saturated heterocycles. The summed E-state index contributed by atoms with van der Waals surface area (Å²) < 4.78 is 11.7. The fraction of sp³-hybridized carbons (Fsp3) is 0.179. The lowest BCUT2D eigenvalue weighted by Crippen LogP contribution is -2.30. The van der Waals surface area contributed by atoms with Gasteiger partial charge in [0.05, 0.1) is 18.3 Å². The summed E-state index contributed by atoms with van der Waals surface area (Å²) in [6, 6.07) is 23.9. The number of ether oxygens (including phenoxy) is 2. The van der Waals surface area contributed by atoms with Crippen LogP contribution in [0, 0.1) is 12.0 Å². The van der Waals surface area contributed by atoms with Crippen LogP contribution < -0.4 is 14.8 Å². The van der Waals surface area contributed by atoms with Gasteiger partial charge in [-0.25, -0.2) is 9.97 Å². The SMILES string of the molecule is COc1cccc(Nc2ncnc3ccc(C#CN4CCCCC4=O)cc23)c1Oc1ccccc1. The van der Waals surface area contributed by atoms with E-state index < -0.39 is 0 Å². The van der Waals surface area contributed by atoms with Crippen molar-refractivity contribution >= 4 is 28.3 Å². The molecule has 2 heterocycles. The molecule has 0 saturated carbocycles. The Kier molecular flexibility index (Phi) is 6.44. The summed E-state index contributed by atoms with van der Waals surface area (Å²) in [6.07, 6.45) is 3.98. The van der Waals surface area contributed by atoms with Crippen LogP contribution >= 0.6 is 0 Å². The highest BCUT2D eigenvalue weighted by atomic mass is 16.5. The normalized spacial score (nSPS) is 13.2. The van der Waals surface area contributed by atoms with Crippen molar-refractivity contribution in [2.75, 3.05) is 19.0 Å². The predicted octanol–water partition coefficient (Wildman–Crippen LogP) is 5.50. The zero-order valence-corrected chi connectivity index (χ0v) is 19.3. The number of nitrogens with one attached hydrogen (secondary N) is 1. The Bertz CT molecular complexity index is 1430. The van der Waals surface area contributed by atoms with Gasteiger partial charge in [-0.1, -0.05) is 24.3 Å². The van der Waals surface area contributed by atoms with Gasteiger partial charge in [-0.05, 0) is 61.2 Å².